The van der Waals surface area contributed by atoms with Gasteiger partial charge in [-0.1, -0.05) is 36.4 Å². The quantitative estimate of drug-likeness (QED) is 0.421. The summed E-state index contributed by atoms with van der Waals surface area (Å²) in [4.78, 5) is 16.1. The van der Waals surface area contributed by atoms with Crippen molar-refractivity contribution in [1.29, 1.82) is 0 Å². The van der Waals surface area contributed by atoms with Crippen molar-refractivity contribution in [3.63, 3.8) is 0 Å². The number of carbonyl (C=O) groups is 1. The van der Waals surface area contributed by atoms with Crippen molar-refractivity contribution in [2.24, 2.45) is 0 Å². The molecule has 4 aromatic rings. The van der Waals surface area contributed by atoms with E-state index in [0.717, 1.165) is 5.56 Å². The molecular weight excluding hydrogens is 441 g/mol. The standard InChI is InChI=1S/C25H20FN3O3S/c26-23-7-3-1-5-21(23)22-6-2-4-8-24(22)33(31,32)20-11-9-19(10-12-20)29-25(30)28-17-18-13-15-27-16-14-18/h1-16H,17H2,(H2,28,29,30). The predicted molar refractivity (Wildman–Crippen MR) is 124 cm³/mol. The number of nitrogens with one attached hydrogen (secondary N) is 2. The SMILES string of the molecule is O=C(NCc1ccncc1)Nc1ccc(S(=O)(=O)c2ccccc2-c2ccccc2F)cc1. The molecule has 0 bridgehead atoms. The van der Waals surface area contributed by atoms with E-state index >= 15 is 0 Å². The number of aromatic nitrogens is 1. The number of anilines is 1. The first-order valence-electron chi connectivity index (χ1n) is 10.1. The number of rotatable bonds is 6. The zero-order valence-corrected chi connectivity index (χ0v) is 18.2. The van der Waals surface area contributed by atoms with Gasteiger partial charge in [0.2, 0.25) is 9.84 Å². The molecule has 1 heterocycles. The van der Waals surface area contributed by atoms with Crippen molar-refractivity contribution in [2.75, 3.05) is 5.32 Å². The van der Waals surface area contributed by atoms with E-state index < -0.39 is 21.7 Å². The Balaban J connectivity index is 1.52. The lowest BCUT2D eigenvalue weighted by molar-refractivity contribution is 0.251. The molecule has 0 fully saturated rings. The second-order valence-corrected chi connectivity index (χ2v) is 9.09. The van der Waals surface area contributed by atoms with Gasteiger partial charge in [0.15, 0.2) is 0 Å². The number of pyridine rings is 1. The molecule has 0 saturated heterocycles. The van der Waals surface area contributed by atoms with Crippen molar-refractivity contribution < 1.29 is 17.6 Å². The third-order valence-electron chi connectivity index (χ3n) is 4.97. The normalized spacial score (nSPS) is 11.1. The number of hydrogen-bond acceptors (Lipinski definition) is 4. The van der Waals surface area contributed by atoms with E-state index in [-0.39, 0.29) is 20.9 Å². The van der Waals surface area contributed by atoms with Crippen LogP contribution in [0.3, 0.4) is 0 Å². The van der Waals surface area contributed by atoms with Gasteiger partial charge in [-0.25, -0.2) is 17.6 Å². The van der Waals surface area contributed by atoms with Crippen molar-refractivity contribution in [3.05, 3.63) is 109 Å². The van der Waals surface area contributed by atoms with Gasteiger partial charge < -0.3 is 10.6 Å². The van der Waals surface area contributed by atoms with Crippen molar-refractivity contribution in [3.8, 4) is 11.1 Å². The number of sulfone groups is 1. The van der Waals surface area contributed by atoms with Gasteiger partial charge in [0, 0.05) is 35.8 Å². The Bertz CT molecular complexity index is 1380. The Morgan fingerprint density at radius 1 is 0.818 bits per heavy atom. The van der Waals surface area contributed by atoms with Crippen LogP contribution in [0.15, 0.2) is 107 Å². The van der Waals surface area contributed by atoms with Crippen LogP contribution in [0, 0.1) is 5.82 Å². The molecule has 1 aromatic heterocycles. The molecule has 4 rings (SSSR count). The zero-order chi connectivity index (χ0) is 23.3. The maximum Gasteiger partial charge on any atom is 0.319 e. The summed E-state index contributed by atoms with van der Waals surface area (Å²) in [6.45, 7) is 0.327. The third-order valence-corrected chi connectivity index (χ3v) is 6.79. The molecule has 33 heavy (non-hydrogen) atoms. The van der Waals surface area contributed by atoms with E-state index in [1.54, 1.807) is 60.9 Å². The Kier molecular flexibility index (Phi) is 6.46. The maximum atomic E-state index is 14.3. The second-order valence-electron chi connectivity index (χ2n) is 7.17. The van der Waals surface area contributed by atoms with Gasteiger partial charge in [0.05, 0.1) is 9.79 Å². The van der Waals surface area contributed by atoms with E-state index in [1.807, 2.05) is 0 Å². The summed E-state index contributed by atoms with van der Waals surface area (Å²) in [6.07, 6.45) is 3.27. The lowest BCUT2D eigenvalue weighted by Gasteiger charge is -2.12. The van der Waals surface area contributed by atoms with E-state index in [0.29, 0.717) is 12.2 Å². The smallest absolute Gasteiger partial charge is 0.319 e. The lowest BCUT2D eigenvalue weighted by atomic mass is 10.1. The van der Waals surface area contributed by atoms with Crippen LogP contribution in [0.2, 0.25) is 0 Å². The van der Waals surface area contributed by atoms with Crippen molar-refractivity contribution in [2.45, 2.75) is 16.3 Å². The fourth-order valence-corrected chi connectivity index (χ4v) is 4.78. The van der Waals surface area contributed by atoms with Crippen molar-refractivity contribution in [1.82, 2.24) is 10.3 Å². The summed E-state index contributed by atoms with van der Waals surface area (Å²) in [5, 5.41) is 5.38. The molecule has 0 aliphatic heterocycles. The highest BCUT2D eigenvalue weighted by atomic mass is 32.2. The molecule has 8 heteroatoms. The number of amides is 2. The molecule has 0 aliphatic rings. The maximum absolute atomic E-state index is 14.3. The zero-order valence-electron chi connectivity index (χ0n) is 17.4. The first kappa shape index (κ1) is 22.2. The van der Waals surface area contributed by atoms with Crippen LogP contribution in [-0.2, 0) is 16.4 Å². The van der Waals surface area contributed by atoms with Crippen LogP contribution in [0.25, 0.3) is 11.1 Å². The van der Waals surface area contributed by atoms with Gasteiger partial charge in [-0.3, -0.25) is 4.98 Å². The van der Waals surface area contributed by atoms with Crippen LogP contribution in [-0.4, -0.2) is 19.4 Å². The largest absolute Gasteiger partial charge is 0.334 e. The van der Waals surface area contributed by atoms with Crippen LogP contribution >= 0.6 is 0 Å². The first-order valence-corrected chi connectivity index (χ1v) is 11.6. The number of hydrogen-bond donors (Lipinski definition) is 2. The Morgan fingerprint density at radius 2 is 1.45 bits per heavy atom. The third kappa shape index (κ3) is 5.07. The Labute approximate surface area is 191 Å². The minimum Gasteiger partial charge on any atom is -0.334 e. The molecule has 3 aromatic carbocycles. The highest BCUT2D eigenvalue weighted by Gasteiger charge is 2.23. The number of nitrogens with zero attached hydrogens (tertiary/aromatic N) is 1. The molecule has 0 unspecified atom stereocenters. The molecule has 0 aliphatic carbocycles. The van der Waals surface area contributed by atoms with Crippen LogP contribution in [0.1, 0.15) is 5.56 Å². The average Bonchev–Trinajstić information content (AvgIpc) is 2.84. The van der Waals surface area contributed by atoms with Gasteiger partial charge in [0.25, 0.3) is 0 Å². The Hall–Kier alpha value is -4.04. The van der Waals surface area contributed by atoms with Gasteiger partial charge >= 0.3 is 6.03 Å². The molecule has 2 amide bonds. The number of halogens is 1. The molecular formula is C25H20FN3O3S. The minimum absolute atomic E-state index is 0.00547. The Morgan fingerprint density at radius 3 is 2.15 bits per heavy atom. The summed E-state index contributed by atoms with van der Waals surface area (Å²) in [6, 6.07) is 21.3. The summed E-state index contributed by atoms with van der Waals surface area (Å²) in [5.74, 6) is -0.502. The number of benzene rings is 3. The van der Waals surface area contributed by atoms with Crippen LogP contribution in [0.4, 0.5) is 14.9 Å². The minimum atomic E-state index is -3.93. The molecule has 166 valence electrons. The number of carbonyl (C=O) groups excluding carboxylic acids is 1. The highest BCUT2D eigenvalue weighted by Crippen LogP contribution is 2.33. The second kappa shape index (κ2) is 9.62. The van der Waals surface area contributed by atoms with Gasteiger partial charge in [-0.05, 0) is 54.1 Å². The first-order chi connectivity index (χ1) is 15.9. The topological polar surface area (TPSA) is 88.2 Å². The van der Waals surface area contributed by atoms with E-state index in [4.69, 9.17) is 0 Å². The van der Waals surface area contributed by atoms with Gasteiger partial charge in [0.1, 0.15) is 5.82 Å². The average molecular weight is 462 g/mol. The molecule has 2 N–H and O–H groups in total. The van der Waals surface area contributed by atoms with Crippen molar-refractivity contribution >= 4 is 21.6 Å². The van der Waals surface area contributed by atoms with Gasteiger partial charge in [-0.2, -0.15) is 0 Å². The van der Waals surface area contributed by atoms with Crippen LogP contribution < -0.4 is 10.6 Å². The van der Waals surface area contributed by atoms with Crippen LogP contribution in [0.5, 0.6) is 0 Å². The molecule has 0 atom stereocenters. The summed E-state index contributed by atoms with van der Waals surface area (Å²) >= 11 is 0. The van der Waals surface area contributed by atoms with E-state index in [2.05, 4.69) is 15.6 Å². The molecule has 0 saturated carbocycles. The highest BCUT2D eigenvalue weighted by molar-refractivity contribution is 7.91. The predicted octanol–water partition coefficient (Wildman–Crippen LogP) is 5.04. The summed E-state index contributed by atoms with van der Waals surface area (Å²) in [7, 11) is -3.93. The summed E-state index contributed by atoms with van der Waals surface area (Å²) in [5.41, 5.74) is 1.83. The molecule has 6 nitrogen and oxygen atoms in total. The molecule has 0 radical (unpaired) electrons. The van der Waals surface area contributed by atoms with Gasteiger partial charge in [-0.15, -0.1) is 0 Å². The van der Waals surface area contributed by atoms with E-state index in [1.165, 1.54) is 36.4 Å². The fraction of sp³-hybridized carbons (Fsp3) is 0.0400. The number of urea groups is 1. The molecule has 0 spiro atoms. The lowest BCUT2D eigenvalue weighted by Crippen LogP contribution is -2.28. The van der Waals surface area contributed by atoms with E-state index in [9.17, 15) is 17.6 Å². The summed E-state index contributed by atoms with van der Waals surface area (Å²) < 4.78 is 41.0. The monoisotopic (exact) mass is 461 g/mol. The fourth-order valence-electron chi connectivity index (χ4n) is 3.31.